The Morgan fingerprint density at radius 1 is 1.15 bits per heavy atom. The van der Waals surface area contributed by atoms with Crippen LogP contribution in [0.4, 0.5) is 0 Å². The minimum Gasteiger partial charge on any atom is -0.388 e. The third-order valence-electron chi connectivity index (χ3n) is 4.55. The lowest BCUT2D eigenvalue weighted by Crippen LogP contribution is -2.29. The maximum atomic E-state index is 10.9. The summed E-state index contributed by atoms with van der Waals surface area (Å²) in [5, 5.41) is 10.9. The van der Waals surface area contributed by atoms with E-state index >= 15 is 0 Å². The molecule has 2 rings (SSSR count). The molecule has 1 aliphatic carbocycles. The van der Waals surface area contributed by atoms with E-state index < -0.39 is 6.10 Å². The van der Waals surface area contributed by atoms with Crippen molar-refractivity contribution in [3.05, 3.63) is 41.5 Å². The number of hydrogen-bond acceptors (Lipinski definition) is 1. The first-order chi connectivity index (χ1) is 9.23. The molecule has 1 nitrogen and oxygen atoms in total. The van der Waals surface area contributed by atoms with E-state index in [1.165, 1.54) is 29.6 Å². The Hall–Kier alpha value is -1.08. The van der Waals surface area contributed by atoms with Crippen LogP contribution in [0.15, 0.2) is 35.9 Å². The van der Waals surface area contributed by atoms with E-state index in [1.54, 1.807) is 0 Å². The smallest absolute Gasteiger partial charge is 0.0843 e. The molecule has 0 spiro atoms. The molecule has 0 heterocycles. The van der Waals surface area contributed by atoms with Crippen molar-refractivity contribution in [1.82, 2.24) is 0 Å². The first-order valence-electron chi connectivity index (χ1n) is 7.70. The van der Waals surface area contributed by atoms with Crippen LogP contribution >= 0.6 is 0 Å². The normalized spacial score (nSPS) is 22.7. The Labute approximate surface area is 123 Å². The van der Waals surface area contributed by atoms with Gasteiger partial charge in [-0.2, -0.15) is 0 Å². The van der Waals surface area contributed by atoms with Crippen LogP contribution in [0.2, 0.25) is 0 Å². The second-order valence-corrected chi connectivity index (χ2v) is 7.76. The highest BCUT2D eigenvalue weighted by Gasteiger charge is 2.36. The van der Waals surface area contributed by atoms with Crippen LogP contribution in [-0.2, 0) is 0 Å². The lowest BCUT2D eigenvalue weighted by molar-refractivity contribution is 0.113. The average molecular weight is 272 g/mol. The number of hydrogen-bond donors (Lipinski definition) is 1. The van der Waals surface area contributed by atoms with Gasteiger partial charge < -0.3 is 5.11 Å². The highest BCUT2D eigenvalue weighted by molar-refractivity contribution is 5.73. The molecule has 1 aromatic rings. The van der Waals surface area contributed by atoms with E-state index in [2.05, 4.69) is 58.9 Å². The van der Waals surface area contributed by atoms with Crippen LogP contribution in [0.1, 0.15) is 59.4 Å². The predicted octanol–water partition coefficient (Wildman–Crippen LogP) is 5.06. The quantitative estimate of drug-likeness (QED) is 0.798. The Morgan fingerprint density at radius 2 is 1.75 bits per heavy atom. The molecule has 0 saturated heterocycles. The maximum Gasteiger partial charge on any atom is 0.0843 e. The van der Waals surface area contributed by atoms with Gasteiger partial charge in [-0.25, -0.2) is 0 Å². The third kappa shape index (κ3) is 2.98. The summed E-state index contributed by atoms with van der Waals surface area (Å²) >= 11 is 0. The van der Waals surface area contributed by atoms with Crippen molar-refractivity contribution in [1.29, 1.82) is 0 Å². The Balaban J connectivity index is 2.60. The topological polar surface area (TPSA) is 20.2 Å². The van der Waals surface area contributed by atoms with Gasteiger partial charge in [-0.15, -0.1) is 0 Å². The number of allylic oxidation sites excluding steroid dienone is 1. The summed E-state index contributed by atoms with van der Waals surface area (Å²) in [6, 6.07) is 10.4. The molecule has 1 heteroatoms. The first kappa shape index (κ1) is 15.3. The summed E-state index contributed by atoms with van der Waals surface area (Å²) in [5.74, 6) is 0. The van der Waals surface area contributed by atoms with E-state index in [-0.39, 0.29) is 10.8 Å². The fourth-order valence-electron chi connectivity index (χ4n) is 3.24. The molecular weight excluding hydrogens is 244 g/mol. The third-order valence-corrected chi connectivity index (χ3v) is 4.55. The lowest BCUT2D eigenvalue weighted by atomic mass is 9.75. The fourth-order valence-corrected chi connectivity index (χ4v) is 3.24. The van der Waals surface area contributed by atoms with Crippen LogP contribution in [0.25, 0.3) is 5.57 Å². The van der Waals surface area contributed by atoms with Gasteiger partial charge in [-0.05, 0) is 41.2 Å². The van der Waals surface area contributed by atoms with E-state index in [9.17, 15) is 5.11 Å². The highest BCUT2D eigenvalue weighted by atomic mass is 16.3. The van der Waals surface area contributed by atoms with E-state index in [0.717, 1.165) is 6.42 Å². The number of rotatable bonds is 2. The van der Waals surface area contributed by atoms with Crippen molar-refractivity contribution in [2.45, 2.75) is 60.0 Å². The maximum absolute atomic E-state index is 10.9. The summed E-state index contributed by atoms with van der Waals surface area (Å²) in [6.45, 7) is 11.0. The van der Waals surface area contributed by atoms with Gasteiger partial charge in [0.2, 0.25) is 0 Å². The molecule has 1 aromatic carbocycles. The molecule has 1 aliphatic rings. The molecule has 0 radical (unpaired) electrons. The SMILES string of the molecule is CC1(C)CCC/C1=C(/c1ccccc1)C(O)C(C)(C)C. The van der Waals surface area contributed by atoms with Crippen LogP contribution in [0.3, 0.4) is 0 Å². The summed E-state index contributed by atoms with van der Waals surface area (Å²) in [5.41, 5.74) is 3.86. The number of aliphatic hydroxyl groups excluding tert-OH is 1. The molecule has 1 atom stereocenters. The monoisotopic (exact) mass is 272 g/mol. The van der Waals surface area contributed by atoms with Gasteiger partial charge in [0.15, 0.2) is 0 Å². The standard InChI is InChI=1S/C19H28O/c1-18(2,3)17(20)16(14-10-7-6-8-11-14)15-12-9-13-19(15,4)5/h6-8,10-11,17,20H,9,12-13H2,1-5H3/b16-15+. The molecular formula is C19H28O. The van der Waals surface area contributed by atoms with Crippen LogP contribution in [0, 0.1) is 10.8 Å². The Morgan fingerprint density at radius 3 is 2.20 bits per heavy atom. The lowest BCUT2D eigenvalue weighted by Gasteiger charge is -2.33. The van der Waals surface area contributed by atoms with Crippen LogP contribution in [-0.4, -0.2) is 11.2 Å². The second-order valence-electron chi connectivity index (χ2n) is 7.76. The van der Waals surface area contributed by atoms with Gasteiger partial charge >= 0.3 is 0 Å². The molecule has 0 amide bonds. The molecule has 20 heavy (non-hydrogen) atoms. The summed E-state index contributed by atoms with van der Waals surface area (Å²) in [6.07, 6.45) is 3.15. The Bertz CT molecular complexity index is 488. The zero-order chi connectivity index (χ0) is 15.0. The van der Waals surface area contributed by atoms with Crippen molar-refractivity contribution >= 4 is 5.57 Å². The molecule has 0 bridgehead atoms. The van der Waals surface area contributed by atoms with Crippen LogP contribution < -0.4 is 0 Å². The summed E-state index contributed by atoms with van der Waals surface area (Å²) in [4.78, 5) is 0. The largest absolute Gasteiger partial charge is 0.388 e. The molecule has 110 valence electrons. The Kier molecular flexibility index (Phi) is 4.11. The molecule has 0 aromatic heterocycles. The second kappa shape index (κ2) is 5.37. The van der Waals surface area contributed by atoms with E-state index in [1.807, 2.05) is 6.07 Å². The molecule has 1 fully saturated rings. The van der Waals surface area contributed by atoms with Crippen molar-refractivity contribution in [2.75, 3.05) is 0 Å². The summed E-state index contributed by atoms with van der Waals surface area (Å²) in [7, 11) is 0. The van der Waals surface area contributed by atoms with Gasteiger partial charge in [0.1, 0.15) is 0 Å². The van der Waals surface area contributed by atoms with E-state index in [0.29, 0.717) is 0 Å². The van der Waals surface area contributed by atoms with Crippen molar-refractivity contribution in [2.24, 2.45) is 10.8 Å². The minimum absolute atomic E-state index is 0.142. The van der Waals surface area contributed by atoms with Crippen LogP contribution in [0.5, 0.6) is 0 Å². The molecule has 0 aliphatic heterocycles. The van der Waals surface area contributed by atoms with Gasteiger partial charge in [0.05, 0.1) is 6.10 Å². The van der Waals surface area contributed by atoms with Gasteiger partial charge in [-0.1, -0.05) is 70.5 Å². The fraction of sp³-hybridized carbons (Fsp3) is 0.579. The van der Waals surface area contributed by atoms with Gasteiger partial charge in [0, 0.05) is 0 Å². The zero-order valence-electron chi connectivity index (χ0n) is 13.5. The van der Waals surface area contributed by atoms with Crippen molar-refractivity contribution in [3.8, 4) is 0 Å². The number of benzene rings is 1. The van der Waals surface area contributed by atoms with Crippen molar-refractivity contribution < 1.29 is 5.11 Å². The average Bonchev–Trinajstić information content (AvgIpc) is 2.70. The van der Waals surface area contributed by atoms with Gasteiger partial charge in [0.25, 0.3) is 0 Å². The van der Waals surface area contributed by atoms with Crippen molar-refractivity contribution in [3.63, 3.8) is 0 Å². The number of aliphatic hydroxyl groups is 1. The van der Waals surface area contributed by atoms with E-state index in [4.69, 9.17) is 0 Å². The summed E-state index contributed by atoms with van der Waals surface area (Å²) < 4.78 is 0. The highest BCUT2D eigenvalue weighted by Crippen LogP contribution is 2.48. The predicted molar refractivity (Wildman–Crippen MR) is 86.5 cm³/mol. The zero-order valence-corrected chi connectivity index (χ0v) is 13.5. The van der Waals surface area contributed by atoms with Gasteiger partial charge in [-0.3, -0.25) is 0 Å². The minimum atomic E-state index is -0.419. The first-order valence-corrected chi connectivity index (χ1v) is 7.70. The molecule has 1 unspecified atom stereocenters. The molecule has 1 N–H and O–H groups in total. The molecule has 1 saturated carbocycles.